The number of sulfone groups is 1. The highest BCUT2D eigenvalue weighted by molar-refractivity contribution is 7.90. The maximum atomic E-state index is 12.3. The summed E-state index contributed by atoms with van der Waals surface area (Å²) < 4.78 is 24.6. The molecule has 20 heavy (non-hydrogen) atoms. The van der Waals surface area contributed by atoms with Gasteiger partial charge in [0.25, 0.3) is 0 Å². The zero-order chi connectivity index (χ0) is 14.6. The predicted octanol–water partition coefficient (Wildman–Crippen LogP) is 2.53. The molecule has 4 nitrogen and oxygen atoms in total. The number of aromatic nitrogens is 1. The van der Waals surface area contributed by atoms with Crippen molar-refractivity contribution in [2.45, 2.75) is 31.0 Å². The number of nitrogens with one attached hydrogen (secondary N) is 1. The molecule has 1 N–H and O–H groups in total. The number of rotatable bonds is 6. The van der Waals surface area contributed by atoms with Crippen molar-refractivity contribution in [1.82, 2.24) is 10.3 Å². The fourth-order valence-electron chi connectivity index (χ4n) is 1.74. The molecule has 0 unspecified atom stereocenters. The van der Waals surface area contributed by atoms with E-state index in [4.69, 9.17) is 0 Å². The maximum Gasteiger partial charge on any atom is 0.184 e. The fraction of sp³-hybridized carbons (Fsp3) is 0.357. The first-order valence-electron chi connectivity index (χ1n) is 6.44. The number of thiazole rings is 1. The Labute approximate surface area is 123 Å². The Kier molecular flexibility index (Phi) is 4.91. The van der Waals surface area contributed by atoms with Gasteiger partial charge in [-0.1, -0.05) is 24.6 Å². The van der Waals surface area contributed by atoms with Crippen molar-refractivity contribution in [2.75, 3.05) is 6.54 Å². The molecule has 0 spiro atoms. The molecular weight excluding hydrogens is 292 g/mol. The monoisotopic (exact) mass is 310 g/mol. The molecule has 0 bridgehead atoms. The molecule has 0 atom stereocenters. The Morgan fingerprint density at radius 3 is 2.60 bits per heavy atom. The number of benzene rings is 1. The highest BCUT2D eigenvalue weighted by Gasteiger charge is 2.17. The third-order valence-electron chi connectivity index (χ3n) is 2.85. The first-order chi connectivity index (χ1) is 9.51. The van der Waals surface area contributed by atoms with E-state index in [9.17, 15) is 8.42 Å². The lowest BCUT2D eigenvalue weighted by Crippen LogP contribution is -2.12. The van der Waals surface area contributed by atoms with Crippen molar-refractivity contribution in [1.29, 1.82) is 0 Å². The Morgan fingerprint density at radius 1 is 1.25 bits per heavy atom. The van der Waals surface area contributed by atoms with Crippen LogP contribution in [0, 0.1) is 6.92 Å². The van der Waals surface area contributed by atoms with Crippen LogP contribution >= 0.6 is 11.3 Å². The van der Waals surface area contributed by atoms with Gasteiger partial charge in [-0.3, -0.25) is 0 Å². The standard InChI is InChI=1S/C14H18N2O2S2/c1-3-15-8-12-9-19-14(16-12)10-20(17,18)13-6-4-11(2)5-7-13/h4-7,9,15H,3,8,10H2,1-2H3. The summed E-state index contributed by atoms with van der Waals surface area (Å²) in [6.45, 7) is 5.51. The molecular formula is C14H18N2O2S2. The van der Waals surface area contributed by atoms with Gasteiger partial charge in [0, 0.05) is 11.9 Å². The highest BCUT2D eigenvalue weighted by atomic mass is 32.2. The van der Waals surface area contributed by atoms with Gasteiger partial charge in [0.15, 0.2) is 9.84 Å². The molecule has 0 amide bonds. The quantitative estimate of drug-likeness (QED) is 0.891. The summed E-state index contributed by atoms with van der Waals surface area (Å²) in [6.07, 6.45) is 0. The number of hydrogen-bond acceptors (Lipinski definition) is 5. The fourth-order valence-corrected chi connectivity index (χ4v) is 4.16. The van der Waals surface area contributed by atoms with Crippen molar-refractivity contribution < 1.29 is 8.42 Å². The van der Waals surface area contributed by atoms with Crippen LogP contribution in [0.3, 0.4) is 0 Å². The molecule has 0 aliphatic heterocycles. The smallest absolute Gasteiger partial charge is 0.184 e. The second-order valence-corrected chi connectivity index (χ2v) is 7.52. The molecule has 1 aromatic carbocycles. The van der Waals surface area contributed by atoms with Gasteiger partial charge in [0.1, 0.15) is 10.8 Å². The first-order valence-corrected chi connectivity index (χ1v) is 8.98. The van der Waals surface area contributed by atoms with E-state index in [2.05, 4.69) is 10.3 Å². The van der Waals surface area contributed by atoms with E-state index in [1.165, 1.54) is 11.3 Å². The van der Waals surface area contributed by atoms with Gasteiger partial charge in [-0.2, -0.15) is 0 Å². The van der Waals surface area contributed by atoms with Gasteiger partial charge in [-0.25, -0.2) is 13.4 Å². The van der Waals surface area contributed by atoms with E-state index in [1.54, 1.807) is 12.1 Å². The largest absolute Gasteiger partial charge is 0.311 e. The van der Waals surface area contributed by atoms with Crippen molar-refractivity contribution in [2.24, 2.45) is 0 Å². The molecule has 0 aliphatic rings. The summed E-state index contributed by atoms with van der Waals surface area (Å²) in [7, 11) is -3.31. The Hall–Kier alpha value is -1.24. The number of aryl methyl sites for hydroxylation is 1. The lowest BCUT2D eigenvalue weighted by molar-refractivity contribution is 0.595. The molecule has 0 saturated carbocycles. The van der Waals surface area contributed by atoms with Crippen LogP contribution in [0.25, 0.3) is 0 Å². The first kappa shape index (κ1) is 15.2. The molecule has 0 radical (unpaired) electrons. The van der Waals surface area contributed by atoms with Gasteiger partial charge < -0.3 is 5.32 Å². The molecule has 2 rings (SSSR count). The summed E-state index contributed by atoms with van der Waals surface area (Å²) in [5.41, 5.74) is 1.94. The minimum absolute atomic E-state index is 0.0349. The number of nitrogens with zero attached hydrogens (tertiary/aromatic N) is 1. The second kappa shape index (κ2) is 6.47. The van der Waals surface area contributed by atoms with Crippen molar-refractivity contribution >= 4 is 21.2 Å². The lowest BCUT2D eigenvalue weighted by atomic mass is 10.2. The Balaban J connectivity index is 2.12. The maximum absolute atomic E-state index is 12.3. The number of hydrogen-bond donors (Lipinski definition) is 1. The van der Waals surface area contributed by atoms with Gasteiger partial charge in [-0.05, 0) is 25.6 Å². The van der Waals surface area contributed by atoms with Gasteiger partial charge in [-0.15, -0.1) is 11.3 Å². The van der Waals surface area contributed by atoms with Crippen molar-refractivity contribution in [3.8, 4) is 0 Å². The molecule has 0 fully saturated rings. The van der Waals surface area contributed by atoms with Crippen LogP contribution in [-0.2, 0) is 22.1 Å². The average Bonchev–Trinajstić information content (AvgIpc) is 2.83. The molecule has 1 heterocycles. The van der Waals surface area contributed by atoms with E-state index in [-0.39, 0.29) is 5.75 Å². The van der Waals surface area contributed by atoms with Crippen LogP contribution in [0.2, 0.25) is 0 Å². The summed E-state index contributed by atoms with van der Waals surface area (Å²) in [5, 5.41) is 5.72. The van der Waals surface area contributed by atoms with Gasteiger partial charge in [0.05, 0.1) is 10.6 Å². The van der Waals surface area contributed by atoms with E-state index in [0.717, 1.165) is 17.8 Å². The lowest BCUT2D eigenvalue weighted by Gasteiger charge is -2.02. The van der Waals surface area contributed by atoms with E-state index >= 15 is 0 Å². The van der Waals surface area contributed by atoms with Crippen molar-refractivity contribution in [3.63, 3.8) is 0 Å². The zero-order valence-corrected chi connectivity index (χ0v) is 13.2. The van der Waals surface area contributed by atoms with Crippen molar-refractivity contribution in [3.05, 3.63) is 45.9 Å². The second-order valence-electron chi connectivity index (χ2n) is 4.59. The van der Waals surface area contributed by atoms with Gasteiger partial charge in [0.2, 0.25) is 0 Å². The average molecular weight is 310 g/mol. The third-order valence-corrected chi connectivity index (χ3v) is 5.57. The Morgan fingerprint density at radius 2 is 1.95 bits per heavy atom. The van der Waals surface area contributed by atoms with E-state index < -0.39 is 9.84 Å². The predicted molar refractivity (Wildman–Crippen MR) is 81.6 cm³/mol. The van der Waals surface area contributed by atoms with Gasteiger partial charge >= 0.3 is 0 Å². The SMILES string of the molecule is CCNCc1csc(CS(=O)(=O)c2ccc(C)cc2)n1. The summed E-state index contributed by atoms with van der Waals surface area (Å²) in [5.74, 6) is -0.0349. The highest BCUT2D eigenvalue weighted by Crippen LogP contribution is 2.19. The molecule has 108 valence electrons. The molecule has 1 aromatic heterocycles. The molecule has 0 aliphatic carbocycles. The summed E-state index contributed by atoms with van der Waals surface area (Å²) >= 11 is 1.39. The Bertz CT molecular complexity index is 661. The van der Waals surface area contributed by atoms with Crippen LogP contribution in [0.1, 0.15) is 23.2 Å². The minimum atomic E-state index is -3.31. The zero-order valence-electron chi connectivity index (χ0n) is 11.6. The van der Waals surface area contributed by atoms with Crippen LogP contribution in [-0.4, -0.2) is 19.9 Å². The summed E-state index contributed by atoms with van der Waals surface area (Å²) in [6, 6.07) is 6.92. The molecule has 2 aromatic rings. The van der Waals surface area contributed by atoms with Crippen LogP contribution in [0.15, 0.2) is 34.5 Å². The third kappa shape index (κ3) is 3.88. The van der Waals surface area contributed by atoms with E-state index in [0.29, 0.717) is 16.4 Å². The summed E-state index contributed by atoms with van der Waals surface area (Å²) in [4.78, 5) is 4.71. The molecule has 6 heteroatoms. The normalized spacial score (nSPS) is 11.7. The topological polar surface area (TPSA) is 59.1 Å². The van der Waals surface area contributed by atoms with Crippen LogP contribution < -0.4 is 5.32 Å². The molecule has 0 saturated heterocycles. The van der Waals surface area contributed by atoms with E-state index in [1.807, 2.05) is 31.4 Å². The van der Waals surface area contributed by atoms with Crippen LogP contribution in [0.5, 0.6) is 0 Å². The van der Waals surface area contributed by atoms with Crippen LogP contribution in [0.4, 0.5) is 0 Å². The minimum Gasteiger partial charge on any atom is -0.311 e.